The maximum Gasteiger partial charge on any atom is 0.330 e. The van der Waals surface area contributed by atoms with E-state index in [4.69, 9.17) is 4.74 Å². The van der Waals surface area contributed by atoms with Gasteiger partial charge in [0.15, 0.2) is 5.78 Å². The summed E-state index contributed by atoms with van der Waals surface area (Å²) in [6.45, 7) is 0.266. The van der Waals surface area contributed by atoms with Crippen molar-refractivity contribution in [3.63, 3.8) is 0 Å². The third kappa shape index (κ3) is 1.96. The molecule has 104 valence electrons. The van der Waals surface area contributed by atoms with E-state index in [0.717, 1.165) is 5.56 Å². The van der Waals surface area contributed by atoms with E-state index in [1.807, 2.05) is 42.3 Å². The lowest BCUT2D eigenvalue weighted by atomic mass is 9.95. The summed E-state index contributed by atoms with van der Waals surface area (Å²) in [7, 11) is 1.82. The summed E-state index contributed by atoms with van der Waals surface area (Å²) in [5, 5.41) is 0. The summed E-state index contributed by atoms with van der Waals surface area (Å²) >= 11 is 0. The summed E-state index contributed by atoms with van der Waals surface area (Å²) in [6, 6.07) is 9.42. The van der Waals surface area contributed by atoms with Gasteiger partial charge in [-0.3, -0.25) is 9.69 Å². The van der Waals surface area contributed by atoms with Crippen molar-refractivity contribution >= 4 is 11.8 Å². The molecular weight excluding hydrogens is 254 g/mol. The fourth-order valence-electron chi connectivity index (χ4n) is 3.03. The molecule has 1 aromatic rings. The van der Waals surface area contributed by atoms with Gasteiger partial charge in [-0.2, -0.15) is 0 Å². The van der Waals surface area contributed by atoms with Crippen molar-refractivity contribution in [2.75, 3.05) is 7.05 Å². The van der Waals surface area contributed by atoms with Gasteiger partial charge >= 0.3 is 5.97 Å². The van der Waals surface area contributed by atoms with Crippen LogP contribution < -0.4 is 0 Å². The van der Waals surface area contributed by atoms with E-state index < -0.39 is 5.54 Å². The van der Waals surface area contributed by atoms with E-state index in [9.17, 15) is 9.59 Å². The van der Waals surface area contributed by atoms with Crippen LogP contribution in [-0.4, -0.2) is 35.3 Å². The zero-order chi connectivity index (χ0) is 14.2. The molecule has 20 heavy (non-hydrogen) atoms. The molecule has 1 saturated heterocycles. The Hall–Kier alpha value is -1.94. The number of nitrogens with zero attached hydrogens (tertiary/aromatic N) is 1. The van der Waals surface area contributed by atoms with Gasteiger partial charge in [-0.15, -0.1) is 0 Å². The molecule has 0 aliphatic carbocycles. The van der Waals surface area contributed by atoms with Gasteiger partial charge in [0.05, 0.1) is 6.04 Å². The number of carbonyl (C=O) groups is 2. The second-order valence-electron chi connectivity index (χ2n) is 5.39. The third-order valence-corrected chi connectivity index (χ3v) is 4.31. The highest BCUT2D eigenvalue weighted by Gasteiger charge is 2.53. The van der Waals surface area contributed by atoms with E-state index >= 15 is 0 Å². The molecule has 2 aliphatic heterocycles. The minimum absolute atomic E-state index is 0.0801. The first kappa shape index (κ1) is 13.1. The van der Waals surface area contributed by atoms with Crippen LogP contribution >= 0.6 is 0 Å². The van der Waals surface area contributed by atoms with E-state index in [-0.39, 0.29) is 24.4 Å². The summed E-state index contributed by atoms with van der Waals surface area (Å²) in [6.07, 6.45) is 4.58. The molecule has 0 radical (unpaired) electrons. The molecule has 2 bridgehead atoms. The highest BCUT2D eigenvalue weighted by Crippen LogP contribution is 2.38. The van der Waals surface area contributed by atoms with Crippen molar-refractivity contribution in [2.24, 2.45) is 0 Å². The predicted molar refractivity (Wildman–Crippen MR) is 73.9 cm³/mol. The Kier molecular flexibility index (Phi) is 3.18. The summed E-state index contributed by atoms with van der Waals surface area (Å²) in [4.78, 5) is 26.0. The van der Waals surface area contributed by atoms with Crippen LogP contribution in [0.1, 0.15) is 18.4 Å². The Labute approximate surface area is 118 Å². The number of likely N-dealkylation sites (N-methyl/N-ethyl adjacent to an activating group) is 1. The van der Waals surface area contributed by atoms with E-state index in [1.54, 1.807) is 6.08 Å². The number of esters is 1. The van der Waals surface area contributed by atoms with Crippen molar-refractivity contribution in [3.05, 3.63) is 48.0 Å². The fourth-order valence-corrected chi connectivity index (χ4v) is 3.03. The number of ether oxygens (including phenoxy) is 1. The Morgan fingerprint density at radius 2 is 2.15 bits per heavy atom. The van der Waals surface area contributed by atoms with Crippen LogP contribution in [0.2, 0.25) is 0 Å². The van der Waals surface area contributed by atoms with Crippen LogP contribution in [0.4, 0.5) is 0 Å². The Balaban J connectivity index is 1.74. The minimum Gasteiger partial charge on any atom is -0.459 e. The molecule has 0 amide bonds. The van der Waals surface area contributed by atoms with Crippen molar-refractivity contribution in [2.45, 2.75) is 31.0 Å². The van der Waals surface area contributed by atoms with Gasteiger partial charge in [-0.1, -0.05) is 30.3 Å². The number of ketones is 1. The molecule has 2 aliphatic rings. The maximum absolute atomic E-state index is 12.4. The lowest BCUT2D eigenvalue weighted by Gasteiger charge is -2.35. The van der Waals surface area contributed by atoms with E-state index in [1.165, 1.54) is 6.08 Å². The lowest BCUT2D eigenvalue weighted by Crippen LogP contribution is -2.54. The monoisotopic (exact) mass is 271 g/mol. The largest absolute Gasteiger partial charge is 0.459 e. The second kappa shape index (κ2) is 4.87. The van der Waals surface area contributed by atoms with Crippen molar-refractivity contribution in [1.82, 2.24) is 4.90 Å². The fraction of sp³-hybridized carbons (Fsp3) is 0.375. The molecule has 0 spiro atoms. The van der Waals surface area contributed by atoms with Gasteiger partial charge in [-0.05, 0) is 37.6 Å². The van der Waals surface area contributed by atoms with Gasteiger partial charge in [0.2, 0.25) is 0 Å². The SMILES string of the molecule is CN1[C@H]2CC[C@]1(C(=O)OCc1ccccc1)C=CC2=O. The molecule has 0 saturated carbocycles. The number of rotatable bonds is 3. The average Bonchev–Trinajstić information content (AvgIpc) is 2.70. The molecule has 0 unspecified atom stereocenters. The topological polar surface area (TPSA) is 46.6 Å². The van der Waals surface area contributed by atoms with Crippen molar-refractivity contribution in [3.8, 4) is 0 Å². The highest BCUT2D eigenvalue weighted by atomic mass is 16.5. The maximum atomic E-state index is 12.4. The standard InChI is InChI=1S/C16H17NO3/c1-17-13-7-9-16(17,10-8-14(13)18)15(19)20-11-12-5-3-2-4-6-12/h2-6,8,10,13H,7,9,11H2,1H3/t13-,16+/m0/s1. The molecule has 4 nitrogen and oxygen atoms in total. The quantitative estimate of drug-likeness (QED) is 0.785. The average molecular weight is 271 g/mol. The normalized spacial score (nSPS) is 28.6. The smallest absolute Gasteiger partial charge is 0.330 e. The Morgan fingerprint density at radius 3 is 2.90 bits per heavy atom. The second-order valence-corrected chi connectivity index (χ2v) is 5.39. The summed E-state index contributed by atoms with van der Waals surface area (Å²) in [5.41, 5.74) is 0.207. The van der Waals surface area contributed by atoms with E-state index in [0.29, 0.717) is 12.8 Å². The van der Waals surface area contributed by atoms with Crippen LogP contribution in [0.25, 0.3) is 0 Å². The molecule has 4 heteroatoms. The lowest BCUT2D eigenvalue weighted by molar-refractivity contribution is -0.155. The highest BCUT2D eigenvalue weighted by molar-refractivity contribution is 6.00. The summed E-state index contributed by atoms with van der Waals surface area (Å²) < 4.78 is 5.45. The van der Waals surface area contributed by atoms with Crippen LogP contribution in [0.3, 0.4) is 0 Å². The molecular formula is C16H17NO3. The molecule has 1 aromatic carbocycles. The first-order valence-corrected chi connectivity index (χ1v) is 6.81. The first-order valence-electron chi connectivity index (χ1n) is 6.81. The predicted octanol–water partition coefficient (Wildman–Crippen LogP) is 1.70. The summed E-state index contributed by atoms with van der Waals surface area (Å²) in [5.74, 6) is -0.188. The van der Waals surface area contributed by atoms with Crippen molar-refractivity contribution in [1.29, 1.82) is 0 Å². The van der Waals surface area contributed by atoms with Crippen LogP contribution in [0.15, 0.2) is 42.5 Å². The van der Waals surface area contributed by atoms with Crippen LogP contribution in [0, 0.1) is 0 Å². The number of benzene rings is 1. The molecule has 1 fully saturated rings. The molecule has 2 atom stereocenters. The molecule has 0 N–H and O–H groups in total. The van der Waals surface area contributed by atoms with Crippen LogP contribution in [0.5, 0.6) is 0 Å². The molecule has 0 aromatic heterocycles. The zero-order valence-electron chi connectivity index (χ0n) is 11.4. The van der Waals surface area contributed by atoms with Gasteiger partial charge < -0.3 is 4.74 Å². The minimum atomic E-state index is -0.757. The Morgan fingerprint density at radius 1 is 1.40 bits per heavy atom. The number of carbonyl (C=O) groups excluding carboxylic acids is 2. The third-order valence-electron chi connectivity index (χ3n) is 4.31. The molecule has 2 heterocycles. The molecule has 3 rings (SSSR count). The number of fused-ring (bicyclic) bond motifs is 2. The van der Waals surface area contributed by atoms with Crippen LogP contribution in [-0.2, 0) is 20.9 Å². The zero-order valence-corrected chi connectivity index (χ0v) is 11.4. The number of hydrogen-bond acceptors (Lipinski definition) is 4. The van der Waals surface area contributed by atoms with Gasteiger partial charge in [0, 0.05) is 0 Å². The van der Waals surface area contributed by atoms with Gasteiger partial charge in [0.25, 0.3) is 0 Å². The Bertz CT molecular complexity index is 566. The number of hydrogen-bond donors (Lipinski definition) is 0. The van der Waals surface area contributed by atoms with Crippen molar-refractivity contribution < 1.29 is 14.3 Å². The van der Waals surface area contributed by atoms with Gasteiger partial charge in [0.1, 0.15) is 12.1 Å². The first-order chi connectivity index (χ1) is 9.63. The van der Waals surface area contributed by atoms with Gasteiger partial charge in [-0.25, -0.2) is 4.79 Å². The van der Waals surface area contributed by atoms with E-state index in [2.05, 4.69) is 0 Å².